The van der Waals surface area contributed by atoms with Gasteiger partial charge < -0.3 is 9.47 Å². The molecule has 0 spiro atoms. The van der Waals surface area contributed by atoms with E-state index >= 15 is 0 Å². The predicted octanol–water partition coefficient (Wildman–Crippen LogP) is 3.83. The Labute approximate surface area is 111 Å². The van der Waals surface area contributed by atoms with Gasteiger partial charge in [0.2, 0.25) is 17.4 Å². The fraction of sp³-hybridized carbons (Fsp3) is 0.154. The smallest absolute Gasteiger partial charge is 0.255 e. The number of para-hydroxylation sites is 2. The first-order chi connectivity index (χ1) is 9.54. The van der Waals surface area contributed by atoms with Gasteiger partial charge in [-0.2, -0.15) is 22.5 Å². The van der Waals surface area contributed by atoms with Crippen LogP contribution in [0.5, 0.6) is 17.2 Å². The van der Waals surface area contributed by atoms with Gasteiger partial charge in [0.15, 0.2) is 11.5 Å². The van der Waals surface area contributed by atoms with Gasteiger partial charge in [-0.3, -0.25) is 0 Å². The molecule has 1 aromatic carbocycles. The fourth-order valence-corrected chi connectivity index (χ4v) is 1.48. The number of ether oxygens (including phenoxy) is 2. The van der Waals surface area contributed by atoms with Crippen molar-refractivity contribution in [3.63, 3.8) is 0 Å². The van der Waals surface area contributed by atoms with Crippen LogP contribution in [-0.4, -0.2) is 11.6 Å². The zero-order valence-corrected chi connectivity index (χ0v) is 10.3. The van der Waals surface area contributed by atoms with Crippen LogP contribution in [0.3, 0.4) is 0 Å². The van der Waals surface area contributed by atoms with E-state index in [9.17, 15) is 17.6 Å². The monoisotopic (exact) mass is 287 g/mol. The molecule has 7 heteroatoms. The average Bonchev–Trinajstić information content (AvgIpc) is 2.43. The number of hydrogen-bond acceptors (Lipinski definition) is 3. The number of nitrogens with zero attached hydrogens (tertiary/aromatic N) is 1. The van der Waals surface area contributed by atoms with Crippen LogP contribution in [0.15, 0.2) is 24.3 Å². The summed E-state index contributed by atoms with van der Waals surface area (Å²) in [6.07, 6.45) is 0. The summed E-state index contributed by atoms with van der Waals surface area (Å²) in [6.45, 7) is 1.98. The molecule has 2 aromatic rings. The molecular weight excluding hydrogens is 278 g/mol. The van der Waals surface area contributed by atoms with Crippen molar-refractivity contribution in [3.8, 4) is 17.2 Å². The lowest BCUT2D eigenvalue weighted by Crippen LogP contribution is -2.04. The van der Waals surface area contributed by atoms with E-state index in [1.807, 2.05) is 0 Å². The summed E-state index contributed by atoms with van der Waals surface area (Å²) in [4.78, 5) is 2.44. The van der Waals surface area contributed by atoms with Crippen molar-refractivity contribution in [1.82, 2.24) is 4.98 Å². The number of hydrogen-bond donors (Lipinski definition) is 0. The number of aromatic nitrogens is 1. The highest BCUT2D eigenvalue weighted by Crippen LogP contribution is 2.34. The summed E-state index contributed by atoms with van der Waals surface area (Å²) < 4.78 is 62.9. The molecule has 1 aromatic heterocycles. The topological polar surface area (TPSA) is 31.4 Å². The first kappa shape index (κ1) is 14.1. The molecule has 0 fully saturated rings. The van der Waals surface area contributed by atoms with E-state index in [1.165, 1.54) is 18.2 Å². The Bertz CT molecular complexity index is 608. The van der Waals surface area contributed by atoms with Crippen LogP contribution < -0.4 is 9.47 Å². The van der Waals surface area contributed by atoms with Crippen molar-refractivity contribution in [2.45, 2.75) is 6.92 Å². The summed E-state index contributed by atoms with van der Waals surface area (Å²) in [6, 6.07) is 5.96. The van der Waals surface area contributed by atoms with Crippen molar-refractivity contribution < 1.29 is 27.0 Å². The second-order valence-corrected chi connectivity index (χ2v) is 3.63. The first-order valence-electron chi connectivity index (χ1n) is 5.64. The van der Waals surface area contributed by atoms with Crippen LogP contribution in [0.2, 0.25) is 0 Å². The molecule has 1 heterocycles. The second kappa shape index (κ2) is 5.77. The lowest BCUT2D eigenvalue weighted by molar-refractivity contribution is 0.305. The molecule has 0 unspecified atom stereocenters. The van der Waals surface area contributed by atoms with E-state index in [0.29, 0.717) is 0 Å². The van der Waals surface area contributed by atoms with Crippen molar-refractivity contribution in [1.29, 1.82) is 0 Å². The highest BCUT2D eigenvalue weighted by Gasteiger charge is 2.23. The van der Waals surface area contributed by atoms with E-state index in [1.54, 1.807) is 13.0 Å². The number of benzene rings is 1. The molecule has 0 aliphatic carbocycles. The molecule has 0 bridgehead atoms. The van der Waals surface area contributed by atoms with Gasteiger partial charge in [0, 0.05) is 0 Å². The van der Waals surface area contributed by atoms with Gasteiger partial charge in [-0.05, 0) is 19.1 Å². The van der Waals surface area contributed by atoms with Gasteiger partial charge >= 0.3 is 0 Å². The Balaban J connectivity index is 2.45. The summed E-state index contributed by atoms with van der Waals surface area (Å²) in [7, 11) is 0. The molecule has 20 heavy (non-hydrogen) atoms. The maximum absolute atomic E-state index is 13.4. The van der Waals surface area contributed by atoms with Crippen LogP contribution >= 0.6 is 0 Å². The van der Waals surface area contributed by atoms with E-state index in [-0.39, 0.29) is 18.1 Å². The zero-order chi connectivity index (χ0) is 14.7. The van der Waals surface area contributed by atoms with Crippen molar-refractivity contribution in [2.24, 2.45) is 0 Å². The molecular formula is C13H9F4NO2. The summed E-state index contributed by atoms with van der Waals surface area (Å²) in [5.74, 6) is -8.09. The van der Waals surface area contributed by atoms with Crippen molar-refractivity contribution in [3.05, 3.63) is 47.8 Å². The third kappa shape index (κ3) is 2.66. The number of halogens is 4. The summed E-state index contributed by atoms with van der Waals surface area (Å²) in [5.41, 5.74) is 0. The SMILES string of the molecule is CCOc1ccccc1Oc1c(F)c(F)nc(F)c1F. The van der Waals surface area contributed by atoms with Gasteiger partial charge in [-0.1, -0.05) is 12.1 Å². The van der Waals surface area contributed by atoms with Gasteiger partial charge in [-0.15, -0.1) is 0 Å². The molecule has 0 N–H and O–H groups in total. The summed E-state index contributed by atoms with van der Waals surface area (Å²) in [5, 5.41) is 0. The molecule has 0 amide bonds. The Morgan fingerprint density at radius 3 is 2.05 bits per heavy atom. The molecule has 0 aliphatic rings. The molecule has 106 valence electrons. The minimum absolute atomic E-state index is 0.0721. The Morgan fingerprint density at radius 2 is 1.50 bits per heavy atom. The molecule has 0 radical (unpaired) electrons. The van der Waals surface area contributed by atoms with E-state index in [0.717, 1.165) is 0 Å². The van der Waals surface area contributed by atoms with Gasteiger partial charge in [0.25, 0.3) is 11.9 Å². The highest BCUT2D eigenvalue weighted by atomic mass is 19.2. The maximum atomic E-state index is 13.4. The molecule has 3 nitrogen and oxygen atoms in total. The van der Waals surface area contributed by atoms with Crippen LogP contribution in [-0.2, 0) is 0 Å². The molecule has 0 atom stereocenters. The largest absolute Gasteiger partial charge is 0.490 e. The van der Waals surface area contributed by atoms with Crippen LogP contribution in [0.25, 0.3) is 0 Å². The van der Waals surface area contributed by atoms with E-state index in [4.69, 9.17) is 9.47 Å². The quantitative estimate of drug-likeness (QED) is 0.632. The van der Waals surface area contributed by atoms with Gasteiger partial charge in [0.1, 0.15) is 0 Å². The van der Waals surface area contributed by atoms with Crippen LogP contribution in [0.1, 0.15) is 6.92 Å². The predicted molar refractivity (Wildman–Crippen MR) is 61.8 cm³/mol. The molecule has 0 saturated carbocycles. The third-order valence-electron chi connectivity index (χ3n) is 2.32. The lowest BCUT2D eigenvalue weighted by atomic mass is 10.3. The molecule has 0 saturated heterocycles. The minimum Gasteiger partial charge on any atom is -0.490 e. The minimum atomic E-state index is -1.78. The van der Waals surface area contributed by atoms with Gasteiger partial charge in [0.05, 0.1) is 6.61 Å². The Hall–Kier alpha value is -2.31. The number of rotatable bonds is 4. The number of pyridine rings is 1. The average molecular weight is 287 g/mol. The molecule has 0 aliphatic heterocycles. The standard InChI is InChI=1S/C13H9F4NO2/c1-2-19-7-5-3-4-6-8(7)20-11-9(14)12(16)18-13(17)10(11)15/h3-6H,2H2,1H3. The highest BCUT2D eigenvalue weighted by molar-refractivity contribution is 5.43. The molecule has 2 rings (SSSR count). The first-order valence-corrected chi connectivity index (χ1v) is 5.64. The zero-order valence-electron chi connectivity index (χ0n) is 10.3. The van der Waals surface area contributed by atoms with Crippen molar-refractivity contribution in [2.75, 3.05) is 6.61 Å². The normalized spacial score (nSPS) is 10.4. The summed E-state index contributed by atoms with van der Waals surface area (Å²) >= 11 is 0. The second-order valence-electron chi connectivity index (χ2n) is 3.63. The van der Waals surface area contributed by atoms with E-state index in [2.05, 4.69) is 4.98 Å². The van der Waals surface area contributed by atoms with Crippen LogP contribution in [0.4, 0.5) is 17.6 Å². The maximum Gasteiger partial charge on any atom is 0.255 e. The fourth-order valence-electron chi connectivity index (χ4n) is 1.48. The lowest BCUT2D eigenvalue weighted by Gasteiger charge is -2.12. The van der Waals surface area contributed by atoms with E-state index < -0.39 is 29.3 Å². The van der Waals surface area contributed by atoms with Crippen LogP contribution in [0, 0.1) is 23.5 Å². The van der Waals surface area contributed by atoms with Crippen molar-refractivity contribution >= 4 is 0 Å². The third-order valence-corrected chi connectivity index (χ3v) is 2.32. The Kier molecular flexibility index (Phi) is 4.07. The Morgan fingerprint density at radius 1 is 0.950 bits per heavy atom. The van der Waals surface area contributed by atoms with Gasteiger partial charge in [-0.25, -0.2) is 0 Å².